The minimum atomic E-state index is -4.94. The second kappa shape index (κ2) is 14.0. The molecule has 6 rings (SSSR count). The maximum atomic E-state index is 14.1. The van der Waals surface area contributed by atoms with Gasteiger partial charge in [-0.3, -0.25) is 14.2 Å². The molecule has 0 bridgehead atoms. The van der Waals surface area contributed by atoms with E-state index < -0.39 is 41.5 Å². The Morgan fingerprint density at radius 1 is 1.00 bits per heavy atom. The molecule has 1 atom stereocenters. The van der Waals surface area contributed by atoms with Gasteiger partial charge in [0.25, 0.3) is 5.56 Å². The molecule has 5 aromatic rings. The smallest absolute Gasteiger partial charge is 0.419 e. The summed E-state index contributed by atoms with van der Waals surface area (Å²) >= 11 is 0. The van der Waals surface area contributed by atoms with Gasteiger partial charge in [-0.2, -0.15) is 13.2 Å². The van der Waals surface area contributed by atoms with Gasteiger partial charge in [-0.05, 0) is 92.4 Å². The van der Waals surface area contributed by atoms with Crippen LogP contribution in [-0.4, -0.2) is 50.0 Å². The summed E-state index contributed by atoms with van der Waals surface area (Å²) < 4.78 is 61.7. The number of aromatic nitrogens is 4. The van der Waals surface area contributed by atoms with Gasteiger partial charge in [-0.15, -0.1) is 0 Å². The monoisotopic (exact) mass is 674 g/mol. The van der Waals surface area contributed by atoms with Gasteiger partial charge in [0, 0.05) is 32.0 Å². The molecule has 1 aliphatic heterocycles. The van der Waals surface area contributed by atoms with Crippen molar-refractivity contribution in [1.82, 2.24) is 24.4 Å². The van der Waals surface area contributed by atoms with Crippen molar-refractivity contribution < 1.29 is 27.1 Å². The molecule has 13 heteroatoms. The number of carbonyl (C=O) groups is 1. The van der Waals surface area contributed by atoms with Crippen molar-refractivity contribution in [3.8, 4) is 11.4 Å². The molecule has 1 aliphatic rings. The van der Waals surface area contributed by atoms with Gasteiger partial charge in [0.2, 0.25) is 5.91 Å². The van der Waals surface area contributed by atoms with E-state index in [1.165, 1.54) is 15.7 Å². The van der Waals surface area contributed by atoms with Crippen molar-refractivity contribution in [2.24, 2.45) is 0 Å². The van der Waals surface area contributed by atoms with Crippen LogP contribution in [0.25, 0.3) is 16.7 Å². The fraction of sp³-hybridized carbons (Fsp3) is 0.306. The molecule has 0 N–H and O–H groups in total. The highest BCUT2D eigenvalue weighted by molar-refractivity contribution is 5.79. The molecule has 0 aliphatic carbocycles. The number of alkyl halides is 3. The molecule has 9 nitrogen and oxygen atoms in total. The topological polar surface area (TPSA) is 93.4 Å². The fourth-order valence-electron chi connectivity index (χ4n) is 6.02. The molecule has 0 spiro atoms. The number of pyridine rings is 2. The van der Waals surface area contributed by atoms with Gasteiger partial charge in [0.1, 0.15) is 23.2 Å². The van der Waals surface area contributed by atoms with Gasteiger partial charge in [0.05, 0.1) is 35.7 Å². The number of hydrogen-bond acceptors (Lipinski definition) is 7. The number of fused-ring (bicyclic) bond motifs is 1. The third-order valence-corrected chi connectivity index (χ3v) is 8.52. The third-order valence-electron chi connectivity index (χ3n) is 8.52. The Labute approximate surface area is 279 Å². The first-order valence-electron chi connectivity index (χ1n) is 16.0. The lowest BCUT2D eigenvalue weighted by atomic mass is 10.1. The maximum Gasteiger partial charge on any atom is 0.419 e. The van der Waals surface area contributed by atoms with E-state index in [1.807, 2.05) is 19.1 Å². The van der Waals surface area contributed by atoms with Gasteiger partial charge in [0.15, 0.2) is 5.65 Å². The zero-order valence-electron chi connectivity index (χ0n) is 27.0. The van der Waals surface area contributed by atoms with Crippen molar-refractivity contribution in [3.05, 3.63) is 118 Å². The summed E-state index contributed by atoms with van der Waals surface area (Å²) in [5, 5.41) is 0.262. The highest BCUT2D eigenvalue weighted by Gasteiger charge is 2.35. The molecule has 254 valence electrons. The van der Waals surface area contributed by atoms with E-state index in [0.29, 0.717) is 35.7 Å². The SMILES string of the molecule is CCOc1ccc(-n2c(C(C)N(Cc3ccc(N4CCCC4)nc3)C(=O)Cc3ccc(F)c(C(F)(F)F)c3)nc3ncccc3c2=O)cc1. The van der Waals surface area contributed by atoms with Gasteiger partial charge in [-0.1, -0.05) is 12.1 Å². The van der Waals surface area contributed by atoms with E-state index >= 15 is 0 Å². The van der Waals surface area contributed by atoms with Crippen LogP contribution in [0, 0.1) is 5.82 Å². The van der Waals surface area contributed by atoms with E-state index in [-0.39, 0.29) is 29.0 Å². The van der Waals surface area contributed by atoms with Crippen molar-refractivity contribution in [3.63, 3.8) is 0 Å². The van der Waals surface area contributed by atoms with Crippen LogP contribution < -0.4 is 15.2 Å². The second-order valence-corrected chi connectivity index (χ2v) is 11.8. The first-order valence-corrected chi connectivity index (χ1v) is 16.0. The van der Waals surface area contributed by atoms with Crippen molar-refractivity contribution in [2.45, 2.75) is 51.9 Å². The molecular formula is C36H34F4N6O3. The number of benzene rings is 2. The van der Waals surface area contributed by atoms with Crippen molar-refractivity contribution >= 4 is 22.8 Å². The van der Waals surface area contributed by atoms with Crippen LogP contribution in [0.4, 0.5) is 23.4 Å². The number of hydrogen-bond donors (Lipinski definition) is 0. The predicted octanol–water partition coefficient (Wildman–Crippen LogP) is 6.67. The number of halogens is 4. The van der Waals surface area contributed by atoms with Gasteiger partial charge in [-0.25, -0.2) is 19.3 Å². The number of anilines is 1. The lowest BCUT2D eigenvalue weighted by Gasteiger charge is -2.31. The van der Waals surface area contributed by atoms with E-state index in [1.54, 1.807) is 49.5 Å². The molecule has 4 heterocycles. The summed E-state index contributed by atoms with van der Waals surface area (Å²) in [4.78, 5) is 45.4. The molecule has 1 unspecified atom stereocenters. The van der Waals surface area contributed by atoms with Gasteiger partial charge < -0.3 is 14.5 Å². The Kier molecular flexibility index (Phi) is 9.61. The summed E-state index contributed by atoms with van der Waals surface area (Å²) in [6, 6.07) is 15.4. The van der Waals surface area contributed by atoms with Crippen molar-refractivity contribution in [2.75, 3.05) is 24.6 Å². The molecule has 49 heavy (non-hydrogen) atoms. The largest absolute Gasteiger partial charge is 0.494 e. The van der Waals surface area contributed by atoms with Crippen LogP contribution in [0.15, 0.2) is 83.9 Å². The summed E-state index contributed by atoms with van der Waals surface area (Å²) in [6.07, 6.45) is -0.0810. The van der Waals surface area contributed by atoms with E-state index in [0.717, 1.165) is 37.8 Å². The molecule has 2 aromatic carbocycles. The highest BCUT2D eigenvalue weighted by atomic mass is 19.4. The first kappa shape index (κ1) is 33.6. The van der Waals surface area contributed by atoms with E-state index in [4.69, 9.17) is 9.72 Å². The maximum absolute atomic E-state index is 14.1. The number of amides is 1. The Morgan fingerprint density at radius 2 is 1.73 bits per heavy atom. The summed E-state index contributed by atoms with van der Waals surface area (Å²) in [5.74, 6) is -0.395. The zero-order chi connectivity index (χ0) is 34.7. The summed E-state index contributed by atoms with van der Waals surface area (Å²) in [6.45, 7) is 5.80. The normalized spacial score (nSPS) is 13.9. The summed E-state index contributed by atoms with van der Waals surface area (Å²) in [7, 11) is 0. The number of nitrogens with zero attached hydrogens (tertiary/aromatic N) is 6. The molecule has 3 aromatic heterocycles. The molecule has 1 fully saturated rings. The number of ether oxygens (including phenoxy) is 1. The number of carbonyl (C=O) groups excluding carboxylic acids is 1. The van der Waals surface area contributed by atoms with E-state index in [2.05, 4.69) is 14.9 Å². The second-order valence-electron chi connectivity index (χ2n) is 11.8. The predicted molar refractivity (Wildman–Crippen MR) is 176 cm³/mol. The summed E-state index contributed by atoms with van der Waals surface area (Å²) in [5.41, 5.74) is -0.588. The van der Waals surface area contributed by atoms with Crippen LogP contribution in [0.5, 0.6) is 5.75 Å². The zero-order valence-corrected chi connectivity index (χ0v) is 27.0. The first-order chi connectivity index (χ1) is 23.5. The number of rotatable bonds is 10. The van der Waals surface area contributed by atoms with Crippen LogP contribution in [0.3, 0.4) is 0 Å². The van der Waals surface area contributed by atoms with Crippen LogP contribution in [0.1, 0.15) is 55.2 Å². The third kappa shape index (κ3) is 7.25. The quantitative estimate of drug-likeness (QED) is 0.153. The molecule has 0 radical (unpaired) electrons. The standard InChI is InChI=1S/C36H34F4N6O3/c1-3-49-27-12-10-26(11-13-27)46-34(43-33-28(35(46)48)7-6-16-41-33)23(2)45(22-25-9-15-31(42-21-25)44-17-4-5-18-44)32(47)20-24-8-14-30(37)29(19-24)36(38,39)40/h6-16,19,21,23H,3-5,17-18,20,22H2,1-2H3. The highest BCUT2D eigenvalue weighted by Crippen LogP contribution is 2.33. The minimum Gasteiger partial charge on any atom is -0.494 e. The average molecular weight is 675 g/mol. The Morgan fingerprint density at radius 3 is 2.41 bits per heavy atom. The minimum absolute atomic E-state index is 0.00000631. The van der Waals surface area contributed by atoms with Crippen LogP contribution in [-0.2, 0) is 23.9 Å². The van der Waals surface area contributed by atoms with Crippen LogP contribution in [0.2, 0.25) is 0 Å². The van der Waals surface area contributed by atoms with Gasteiger partial charge >= 0.3 is 6.18 Å². The average Bonchev–Trinajstić information content (AvgIpc) is 3.63. The molecule has 1 amide bonds. The molecule has 1 saturated heterocycles. The Balaban J connectivity index is 1.43. The van der Waals surface area contributed by atoms with Crippen molar-refractivity contribution in [1.29, 1.82) is 0 Å². The lowest BCUT2D eigenvalue weighted by Crippen LogP contribution is -2.38. The van der Waals surface area contributed by atoms with E-state index in [9.17, 15) is 27.2 Å². The molecule has 0 saturated carbocycles. The Bertz CT molecular complexity index is 2010. The Hall–Kier alpha value is -5.33. The lowest BCUT2D eigenvalue weighted by molar-refractivity contribution is -0.140. The molecular weight excluding hydrogens is 640 g/mol. The van der Waals surface area contributed by atoms with Crippen LogP contribution >= 0.6 is 0 Å². The fourth-order valence-corrected chi connectivity index (χ4v) is 6.02.